The van der Waals surface area contributed by atoms with Gasteiger partial charge in [-0.2, -0.15) is 0 Å². The van der Waals surface area contributed by atoms with Crippen molar-refractivity contribution in [1.29, 1.82) is 0 Å². The maximum Gasteiger partial charge on any atom is 0.191 e. The van der Waals surface area contributed by atoms with Gasteiger partial charge in [0, 0.05) is 5.75 Å². The van der Waals surface area contributed by atoms with Crippen LogP contribution < -0.4 is 5.73 Å². The molecule has 1 unspecified atom stereocenters. The van der Waals surface area contributed by atoms with Crippen LogP contribution >= 0.6 is 11.8 Å². The molecule has 2 rings (SSSR count). The minimum Gasteiger partial charge on any atom is -0.321 e. The third-order valence-electron chi connectivity index (χ3n) is 3.31. The number of nitrogens with zero attached hydrogens (tertiary/aromatic N) is 3. The van der Waals surface area contributed by atoms with Crippen LogP contribution in [0, 0.1) is 6.92 Å². The molecule has 1 aromatic heterocycles. The monoisotopic (exact) mass is 302 g/mol. The minimum atomic E-state index is -0.0824. The highest BCUT2D eigenvalue weighted by Gasteiger charge is 2.17. The Labute approximate surface area is 130 Å². The SMILES string of the molecule is C=CCSc1nnc(C(N)CC)n1Cc1ccc(C)cc1. The van der Waals surface area contributed by atoms with Crippen molar-refractivity contribution in [3.63, 3.8) is 0 Å². The zero-order valence-electron chi connectivity index (χ0n) is 12.6. The zero-order valence-corrected chi connectivity index (χ0v) is 13.4. The van der Waals surface area contributed by atoms with Crippen molar-refractivity contribution in [3.05, 3.63) is 53.9 Å². The van der Waals surface area contributed by atoms with E-state index in [1.807, 2.05) is 6.08 Å². The molecule has 0 aliphatic carbocycles. The molecule has 0 spiro atoms. The summed E-state index contributed by atoms with van der Waals surface area (Å²) >= 11 is 1.63. The van der Waals surface area contributed by atoms with Crippen molar-refractivity contribution in [2.24, 2.45) is 5.73 Å². The molecule has 2 aromatic rings. The number of aryl methyl sites for hydroxylation is 1. The molecule has 0 fully saturated rings. The average molecular weight is 302 g/mol. The first-order valence-electron chi connectivity index (χ1n) is 7.13. The molecule has 0 radical (unpaired) electrons. The summed E-state index contributed by atoms with van der Waals surface area (Å²) in [5.41, 5.74) is 8.65. The summed E-state index contributed by atoms with van der Waals surface area (Å²) in [6.07, 6.45) is 2.72. The molecule has 0 bridgehead atoms. The highest BCUT2D eigenvalue weighted by Crippen LogP contribution is 2.22. The molecular weight excluding hydrogens is 280 g/mol. The van der Waals surface area contributed by atoms with E-state index >= 15 is 0 Å². The first kappa shape index (κ1) is 15.8. The number of aromatic nitrogens is 3. The van der Waals surface area contributed by atoms with E-state index < -0.39 is 0 Å². The predicted molar refractivity (Wildman–Crippen MR) is 88.4 cm³/mol. The average Bonchev–Trinajstić information content (AvgIpc) is 2.89. The Morgan fingerprint density at radius 2 is 2.05 bits per heavy atom. The quantitative estimate of drug-likeness (QED) is 0.629. The number of hydrogen-bond donors (Lipinski definition) is 1. The topological polar surface area (TPSA) is 56.7 Å². The van der Waals surface area contributed by atoms with Crippen LogP contribution in [0.1, 0.15) is 36.3 Å². The molecule has 0 amide bonds. The van der Waals surface area contributed by atoms with Crippen LogP contribution in [0.25, 0.3) is 0 Å². The van der Waals surface area contributed by atoms with Gasteiger partial charge in [-0.25, -0.2) is 0 Å². The third-order valence-corrected chi connectivity index (χ3v) is 4.27. The molecule has 1 heterocycles. The lowest BCUT2D eigenvalue weighted by atomic mass is 10.1. The van der Waals surface area contributed by atoms with E-state index in [4.69, 9.17) is 5.73 Å². The summed E-state index contributed by atoms with van der Waals surface area (Å²) < 4.78 is 2.12. The molecule has 1 atom stereocenters. The van der Waals surface area contributed by atoms with Crippen LogP contribution in [0.3, 0.4) is 0 Å². The van der Waals surface area contributed by atoms with Crippen LogP contribution in [0.2, 0.25) is 0 Å². The first-order chi connectivity index (χ1) is 10.2. The van der Waals surface area contributed by atoms with Crippen molar-refractivity contribution < 1.29 is 0 Å². The second-order valence-corrected chi connectivity index (χ2v) is 6.01. The molecule has 0 aliphatic heterocycles. The van der Waals surface area contributed by atoms with Gasteiger partial charge in [-0.3, -0.25) is 0 Å². The van der Waals surface area contributed by atoms with Crippen molar-refractivity contribution in [2.75, 3.05) is 5.75 Å². The van der Waals surface area contributed by atoms with Gasteiger partial charge in [0.1, 0.15) is 0 Å². The van der Waals surface area contributed by atoms with E-state index in [-0.39, 0.29) is 6.04 Å². The first-order valence-corrected chi connectivity index (χ1v) is 8.12. The zero-order chi connectivity index (χ0) is 15.2. The highest BCUT2D eigenvalue weighted by molar-refractivity contribution is 7.99. The molecule has 0 saturated heterocycles. The van der Waals surface area contributed by atoms with Gasteiger partial charge < -0.3 is 10.3 Å². The highest BCUT2D eigenvalue weighted by atomic mass is 32.2. The summed E-state index contributed by atoms with van der Waals surface area (Å²) in [5.74, 6) is 1.66. The lowest BCUT2D eigenvalue weighted by Gasteiger charge is -2.13. The Kier molecular flexibility index (Phi) is 5.59. The largest absolute Gasteiger partial charge is 0.321 e. The molecule has 2 N–H and O–H groups in total. The summed E-state index contributed by atoms with van der Waals surface area (Å²) in [6.45, 7) is 8.65. The number of thioether (sulfide) groups is 1. The molecule has 112 valence electrons. The van der Waals surface area contributed by atoms with E-state index in [2.05, 4.69) is 59.5 Å². The molecular formula is C16H22N4S. The van der Waals surface area contributed by atoms with Gasteiger partial charge in [-0.15, -0.1) is 16.8 Å². The Bertz CT molecular complexity index is 589. The van der Waals surface area contributed by atoms with Crippen LogP contribution in [-0.2, 0) is 6.54 Å². The lowest BCUT2D eigenvalue weighted by molar-refractivity contribution is 0.578. The Balaban J connectivity index is 2.30. The van der Waals surface area contributed by atoms with Gasteiger partial charge in [0.25, 0.3) is 0 Å². The van der Waals surface area contributed by atoms with E-state index in [1.54, 1.807) is 11.8 Å². The fourth-order valence-electron chi connectivity index (χ4n) is 2.02. The van der Waals surface area contributed by atoms with Crippen LogP contribution in [0.15, 0.2) is 42.1 Å². The molecule has 4 nitrogen and oxygen atoms in total. The van der Waals surface area contributed by atoms with Gasteiger partial charge in [-0.1, -0.05) is 54.6 Å². The second kappa shape index (κ2) is 7.43. The van der Waals surface area contributed by atoms with E-state index in [0.717, 1.165) is 29.7 Å². The Morgan fingerprint density at radius 1 is 1.33 bits per heavy atom. The Hall–Kier alpha value is -1.59. The second-order valence-electron chi connectivity index (χ2n) is 5.03. The fraction of sp³-hybridized carbons (Fsp3) is 0.375. The molecule has 21 heavy (non-hydrogen) atoms. The Morgan fingerprint density at radius 3 is 2.67 bits per heavy atom. The van der Waals surface area contributed by atoms with E-state index in [1.165, 1.54) is 11.1 Å². The van der Waals surface area contributed by atoms with Crippen LogP contribution in [0.5, 0.6) is 0 Å². The van der Waals surface area contributed by atoms with Crippen molar-refractivity contribution in [2.45, 2.75) is 38.0 Å². The molecule has 1 aromatic carbocycles. The smallest absolute Gasteiger partial charge is 0.191 e. The standard InChI is InChI=1S/C16H22N4S/c1-4-10-21-16-19-18-15(14(17)5-2)20(16)11-13-8-6-12(3)7-9-13/h4,6-9,14H,1,5,10-11,17H2,2-3H3. The summed E-state index contributed by atoms with van der Waals surface area (Å²) in [4.78, 5) is 0. The number of benzene rings is 1. The van der Waals surface area contributed by atoms with Gasteiger partial charge >= 0.3 is 0 Å². The fourth-order valence-corrected chi connectivity index (χ4v) is 2.70. The van der Waals surface area contributed by atoms with E-state index in [9.17, 15) is 0 Å². The molecule has 5 heteroatoms. The van der Waals surface area contributed by atoms with Gasteiger partial charge in [0.15, 0.2) is 11.0 Å². The summed E-state index contributed by atoms with van der Waals surface area (Å²) in [5, 5.41) is 9.47. The normalized spacial score (nSPS) is 12.3. The number of rotatable bonds is 7. The molecule has 0 saturated carbocycles. The summed E-state index contributed by atoms with van der Waals surface area (Å²) in [7, 11) is 0. The minimum absolute atomic E-state index is 0.0824. The van der Waals surface area contributed by atoms with Gasteiger partial charge in [0.05, 0.1) is 12.6 Å². The summed E-state index contributed by atoms with van der Waals surface area (Å²) in [6, 6.07) is 8.43. The third kappa shape index (κ3) is 3.95. The van der Waals surface area contributed by atoms with Crippen LogP contribution in [0.4, 0.5) is 0 Å². The van der Waals surface area contributed by atoms with Crippen LogP contribution in [-0.4, -0.2) is 20.5 Å². The number of nitrogens with two attached hydrogens (primary N) is 1. The number of hydrogen-bond acceptors (Lipinski definition) is 4. The predicted octanol–water partition coefficient (Wildman–Crippen LogP) is 3.32. The molecule has 0 aliphatic rings. The maximum absolute atomic E-state index is 6.16. The van der Waals surface area contributed by atoms with Crippen molar-refractivity contribution in [1.82, 2.24) is 14.8 Å². The van der Waals surface area contributed by atoms with Gasteiger partial charge in [-0.05, 0) is 18.9 Å². The van der Waals surface area contributed by atoms with Crippen molar-refractivity contribution in [3.8, 4) is 0 Å². The van der Waals surface area contributed by atoms with Gasteiger partial charge in [0.2, 0.25) is 0 Å². The lowest BCUT2D eigenvalue weighted by Crippen LogP contribution is -2.17. The van der Waals surface area contributed by atoms with E-state index in [0.29, 0.717) is 0 Å². The van der Waals surface area contributed by atoms with Crippen molar-refractivity contribution >= 4 is 11.8 Å². The maximum atomic E-state index is 6.16.